The molecule has 0 unspecified atom stereocenters. The number of phenols is 2. The molecule has 14 heteroatoms. The maximum Gasteiger partial charge on any atom is 0.419 e. The summed E-state index contributed by atoms with van der Waals surface area (Å²) in [5, 5.41) is 19.1. The second kappa shape index (κ2) is 17.1. The van der Waals surface area contributed by atoms with E-state index in [1.54, 1.807) is 24.3 Å². The minimum atomic E-state index is -4.82. The highest BCUT2D eigenvalue weighted by Crippen LogP contribution is 2.42. The fourth-order valence-corrected chi connectivity index (χ4v) is 6.93. The molecule has 8 nitrogen and oxygen atoms in total. The zero-order chi connectivity index (χ0) is 42.6. The Bertz CT molecular complexity index is 2460. The SMILES string of the molecule is O=C(c1cc(C(F)(F)F)c(O)cc1O)N1Cc2ccccc2C1.O=C(c1cc(C(F)(F)F)c(OCc2ccccc2)cc1OCc1ccccc1)N1Cc2ccccc2C1. The number of alkyl halides is 6. The molecule has 0 radical (unpaired) electrons. The van der Waals surface area contributed by atoms with Crippen LogP contribution in [0.25, 0.3) is 0 Å². The van der Waals surface area contributed by atoms with Crippen molar-refractivity contribution in [2.24, 2.45) is 0 Å². The van der Waals surface area contributed by atoms with Crippen molar-refractivity contribution in [1.82, 2.24) is 9.80 Å². The molecule has 2 N–H and O–H groups in total. The molecule has 2 heterocycles. The zero-order valence-corrected chi connectivity index (χ0v) is 31.6. The predicted molar refractivity (Wildman–Crippen MR) is 208 cm³/mol. The summed E-state index contributed by atoms with van der Waals surface area (Å²) in [6, 6.07) is 36.1. The van der Waals surface area contributed by atoms with Crippen molar-refractivity contribution in [3.63, 3.8) is 0 Å². The Morgan fingerprint density at radius 2 is 0.867 bits per heavy atom. The number of amides is 2. The topological polar surface area (TPSA) is 99.5 Å². The van der Waals surface area contributed by atoms with Crippen molar-refractivity contribution in [2.75, 3.05) is 0 Å². The van der Waals surface area contributed by atoms with Gasteiger partial charge in [0.25, 0.3) is 11.8 Å². The van der Waals surface area contributed by atoms with Gasteiger partial charge in [0, 0.05) is 38.3 Å². The summed E-state index contributed by atoms with van der Waals surface area (Å²) in [4.78, 5) is 28.9. The fourth-order valence-electron chi connectivity index (χ4n) is 6.93. The van der Waals surface area contributed by atoms with Crippen LogP contribution in [0.5, 0.6) is 23.0 Å². The summed E-state index contributed by atoms with van der Waals surface area (Å²) < 4.78 is 92.6. The number of hydrogen-bond acceptors (Lipinski definition) is 6. The van der Waals surface area contributed by atoms with E-state index in [9.17, 15) is 46.1 Å². The molecule has 0 bridgehead atoms. The first kappa shape index (κ1) is 41.2. The lowest BCUT2D eigenvalue weighted by atomic mass is 10.1. The average molecular weight is 827 g/mol. The normalized spacial score (nSPS) is 13.2. The van der Waals surface area contributed by atoms with Gasteiger partial charge in [0.1, 0.15) is 36.2 Å². The second-order valence-electron chi connectivity index (χ2n) is 14.1. The largest absolute Gasteiger partial charge is 0.507 e. The van der Waals surface area contributed by atoms with Crippen molar-refractivity contribution in [2.45, 2.75) is 51.7 Å². The summed E-state index contributed by atoms with van der Waals surface area (Å²) in [7, 11) is 0. The van der Waals surface area contributed by atoms with Crippen LogP contribution in [-0.2, 0) is 51.7 Å². The third-order valence-corrected chi connectivity index (χ3v) is 10.00. The standard InChI is InChI=1S/C30H24F3NO3.C16H12F3NO3/c31-30(32,33)26-15-25(29(35)34-17-23-13-7-8-14-24(23)18-34)27(36-19-21-9-3-1-4-10-21)16-28(26)37-20-22-11-5-2-6-12-22;17-16(18,19)12-5-11(13(21)6-14(12)22)15(23)20-7-9-3-1-2-4-10(9)8-20/h1-16H,17-20H2;1-6,21-22H,7-8H2. The van der Waals surface area contributed by atoms with E-state index < -0.39 is 52.4 Å². The van der Waals surface area contributed by atoms with Crippen LogP contribution in [0.3, 0.4) is 0 Å². The lowest BCUT2D eigenvalue weighted by Gasteiger charge is -2.22. The van der Waals surface area contributed by atoms with Gasteiger partial charge in [0.2, 0.25) is 0 Å². The highest BCUT2D eigenvalue weighted by Gasteiger charge is 2.39. The Morgan fingerprint density at radius 1 is 0.483 bits per heavy atom. The first-order valence-corrected chi connectivity index (χ1v) is 18.6. The Kier molecular flexibility index (Phi) is 11.7. The van der Waals surface area contributed by atoms with Crippen molar-refractivity contribution in [3.8, 4) is 23.0 Å². The molecule has 0 saturated carbocycles. The van der Waals surface area contributed by atoms with Crippen molar-refractivity contribution in [1.29, 1.82) is 0 Å². The summed E-state index contributed by atoms with van der Waals surface area (Å²) in [5.41, 5.74) is 2.31. The van der Waals surface area contributed by atoms with E-state index in [0.29, 0.717) is 25.2 Å². The lowest BCUT2D eigenvalue weighted by Crippen LogP contribution is -2.26. The smallest absolute Gasteiger partial charge is 0.419 e. The zero-order valence-electron chi connectivity index (χ0n) is 31.6. The molecule has 6 aromatic carbocycles. The number of phenolic OH excluding ortho intramolecular Hbond substituents is 2. The highest BCUT2D eigenvalue weighted by molar-refractivity contribution is 5.98. The third-order valence-electron chi connectivity index (χ3n) is 10.00. The number of halogens is 6. The van der Waals surface area contributed by atoms with E-state index in [1.807, 2.05) is 84.9 Å². The lowest BCUT2D eigenvalue weighted by molar-refractivity contribution is -0.139. The molecule has 0 saturated heterocycles. The third kappa shape index (κ3) is 9.33. The monoisotopic (exact) mass is 826 g/mol. The summed E-state index contributed by atoms with van der Waals surface area (Å²) in [5.74, 6) is -3.39. The van der Waals surface area contributed by atoms with Crippen LogP contribution in [0.1, 0.15) is 65.2 Å². The molecular formula is C46H36F6N2O6. The molecule has 0 atom stereocenters. The maximum absolute atomic E-state index is 14.1. The quantitative estimate of drug-likeness (QED) is 0.148. The number of carbonyl (C=O) groups is 2. The van der Waals surface area contributed by atoms with Crippen molar-refractivity contribution in [3.05, 3.63) is 189 Å². The summed E-state index contributed by atoms with van der Waals surface area (Å²) >= 11 is 0. The number of carbonyl (C=O) groups excluding carboxylic acids is 2. The van der Waals surface area contributed by atoms with Crippen LogP contribution in [-0.4, -0.2) is 31.8 Å². The highest BCUT2D eigenvalue weighted by atomic mass is 19.4. The molecule has 308 valence electrons. The number of fused-ring (bicyclic) bond motifs is 2. The van der Waals surface area contributed by atoms with Gasteiger partial charge in [-0.05, 0) is 45.5 Å². The van der Waals surface area contributed by atoms with Crippen LogP contribution in [0.2, 0.25) is 0 Å². The van der Waals surface area contributed by atoms with Crippen molar-refractivity contribution < 1.29 is 55.6 Å². The molecule has 0 aromatic heterocycles. The molecule has 8 rings (SSSR count). The number of ether oxygens (including phenoxy) is 2. The first-order valence-electron chi connectivity index (χ1n) is 18.6. The minimum absolute atomic E-state index is 0.0425. The van der Waals surface area contributed by atoms with Gasteiger partial charge in [-0.15, -0.1) is 0 Å². The Morgan fingerprint density at radius 3 is 1.30 bits per heavy atom. The average Bonchev–Trinajstić information content (AvgIpc) is 3.87. The molecule has 60 heavy (non-hydrogen) atoms. The van der Waals surface area contributed by atoms with Gasteiger partial charge in [0.05, 0.1) is 22.3 Å². The van der Waals surface area contributed by atoms with E-state index in [-0.39, 0.29) is 43.4 Å². The Labute approximate surface area is 340 Å². The number of hydrogen-bond donors (Lipinski definition) is 2. The number of benzene rings is 6. The van der Waals surface area contributed by atoms with Gasteiger partial charge in [-0.25, -0.2) is 0 Å². The van der Waals surface area contributed by atoms with Gasteiger partial charge in [0.15, 0.2) is 0 Å². The molecule has 2 aliphatic rings. The second-order valence-corrected chi connectivity index (χ2v) is 14.1. The maximum atomic E-state index is 14.1. The molecule has 0 fully saturated rings. The van der Waals surface area contributed by atoms with Crippen molar-refractivity contribution >= 4 is 11.8 Å². The van der Waals surface area contributed by atoms with E-state index in [1.165, 1.54) is 15.9 Å². The van der Waals surface area contributed by atoms with E-state index >= 15 is 0 Å². The molecule has 0 aliphatic carbocycles. The fraction of sp³-hybridized carbons (Fsp3) is 0.174. The van der Waals surface area contributed by atoms with Crippen LogP contribution in [0, 0.1) is 0 Å². The van der Waals surface area contributed by atoms with Crippen LogP contribution < -0.4 is 9.47 Å². The first-order chi connectivity index (χ1) is 28.7. The Hall–Kier alpha value is -6.96. The number of aromatic hydroxyl groups is 2. The number of rotatable bonds is 8. The van der Waals surface area contributed by atoms with Crippen LogP contribution in [0.4, 0.5) is 26.3 Å². The molecule has 0 spiro atoms. The van der Waals surface area contributed by atoms with Gasteiger partial charge in [-0.3, -0.25) is 9.59 Å². The van der Waals surface area contributed by atoms with Crippen LogP contribution >= 0.6 is 0 Å². The molecule has 2 amide bonds. The van der Waals surface area contributed by atoms with Gasteiger partial charge >= 0.3 is 12.4 Å². The van der Waals surface area contributed by atoms with E-state index in [2.05, 4.69) is 0 Å². The summed E-state index contributed by atoms with van der Waals surface area (Å²) in [6.07, 6.45) is -9.55. The number of nitrogens with zero attached hydrogens (tertiary/aromatic N) is 2. The molecular weight excluding hydrogens is 791 g/mol. The molecule has 2 aliphatic heterocycles. The summed E-state index contributed by atoms with van der Waals surface area (Å²) in [6.45, 7) is 1.19. The van der Waals surface area contributed by atoms with Gasteiger partial charge in [-0.2, -0.15) is 26.3 Å². The van der Waals surface area contributed by atoms with Gasteiger partial charge < -0.3 is 29.5 Å². The predicted octanol–water partition coefficient (Wildman–Crippen LogP) is 10.3. The van der Waals surface area contributed by atoms with Gasteiger partial charge in [-0.1, -0.05) is 109 Å². The van der Waals surface area contributed by atoms with E-state index in [0.717, 1.165) is 39.4 Å². The van der Waals surface area contributed by atoms with E-state index in [4.69, 9.17) is 9.47 Å². The minimum Gasteiger partial charge on any atom is -0.507 e. The van der Waals surface area contributed by atoms with Crippen LogP contribution in [0.15, 0.2) is 133 Å². The molecule has 6 aromatic rings. The Balaban J connectivity index is 0.000000203.